The van der Waals surface area contributed by atoms with Crippen molar-refractivity contribution in [2.75, 3.05) is 31.1 Å². The Hall–Kier alpha value is -3.29. The average Bonchev–Trinajstić information content (AvgIpc) is 3.22. The number of amides is 1. The van der Waals surface area contributed by atoms with E-state index in [-0.39, 0.29) is 24.0 Å². The Labute approximate surface area is 166 Å². The molecule has 1 aliphatic rings. The first-order valence-corrected chi connectivity index (χ1v) is 9.45. The molecule has 29 heavy (non-hydrogen) atoms. The number of benzene rings is 2. The maximum Gasteiger partial charge on any atom is 0.247 e. The summed E-state index contributed by atoms with van der Waals surface area (Å²) in [4.78, 5) is 16.5. The van der Waals surface area contributed by atoms with Crippen LogP contribution >= 0.6 is 0 Å². The molecule has 1 aromatic heterocycles. The SMILES string of the molecule is O=C(CCc1nnc(-c2ccc(F)cc2)o1)N1CCN(c2ccc(F)cc2)CC1. The van der Waals surface area contributed by atoms with Crippen molar-refractivity contribution in [2.45, 2.75) is 12.8 Å². The summed E-state index contributed by atoms with van der Waals surface area (Å²) in [7, 11) is 0. The van der Waals surface area contributed by atoms with Gasteiger partial charge in [0.15, 0.2) is 0 Å². The molecule has 150 valence electrons. The number of anilines is 1. The molecule has 3 aromatic rings. The molecule has 1 aliphatic heterocycles. The van der Waals surface area contributed by atoms with Crippen molar-refractivity contribution in [2.24, 2.45) is 0 Å². The van der Waals surface area contributed by atoms with E-state index in [0.717, 1.165) is 5.69 Å². The summed E-state index contributed by atoms with van der Waals surface area (Å²) in [5.74, 6) is 0.123. The van der Waals surface area contributed by atoms with Gasteiger partial charge in [0, 0.05) is 50.3 Å². The maximum atomic E-state index is 13.1. The molecule has 1 saturated heterocycles. The van der Waals surface area contributed by atoms with Crippen LogP contribution in [0.1, 0.15) is 12.3 Å². The molecular formula is C21H20F2N4O2. The average molecular weight is 398 g/mol. The Balaban J connectivity index is 1.27. The van der Waals surface area contributed by atoms with Crippen LogP contribution in [-0.4, -0.2) is 47.2 Å². The zero-order chi connectivity index (χ0) is 20.2. The molecule has 0 unspecified atom stereocenters. The number of nitrogens with zero attached hydrogens (tertiary/aromatic N) is 4. The number of aryl methyl sites for hydroxylation is 1. The zero-order valence-electron chi connectivity index (χ0n) is 15.7. The third-order valence-electron chi connectivity index (χ3n) is 4.93. The van der Waals surface area contributed by atoms with Crippen LogP contribution in [0.4, 0.5) is 14.5 Å². The summed E-state index contributed by atoms with van der Waals surface area (Å²) >= 11 is 0. The van der Waals surface area contributed by atoms with Crippen LogP contribution in [0.3, 0.4) is 0 Å². The van der Waals surface area contributed by atoms with Gasteiger partial charge in [0.1, 0.15) is 11.6 Å². The lowest BCUT2D eigenvalue weighted by Gasteiger charge is -2.36. The Morgan fingerprint density at radius 3 is 2.17 bits per heavy atom. The summed E-state index contributed by atoms with van der Waals surface area (Å²) in [5, 5.41) is 7.93. The van der Waals surface area contributed by atoms with Gasteiger partial charge in [-0.15, -0.1) is 10.2 Å². The second-order valence-corrected chi connectivity index (χ2v) is 6.85. The van der Waals surface area contributed by atoms with Crippen LogP contribution in [0.2, 0.25) is 0 Å². The Morgan fingerprint density at radius 1 is 0.897 bits per heavy atom. The quantitative estimate of drug-likeness (QED) is 0.660. The van der Waals surface area contributed by atoms with Gasteiger partial charge in [-0.25, -0.2) is 8.78 Å². The number of carbonyl (C=O) groups is 1. The number of rotatable bonds is 5. The van der Waals surface area contributed by atoms with E-state index >= 15 is 0 Å². The van der Waals surface area contributed by atoms with Crippen LogP contribution in [0.5, 0.6) is 0 Å². The van der Waals surface area contributed by atoms with Crippen molar-refractivity contribution in [3.8, 4) is 11.5 Å². The van der Waals surface area contributed by atoms with Gasteiger partial charge in [0.2, 0.25) is 17.7 Å². The van der Waals surface area contributed by atoms with E-state index in [1.165, 1.54) is 24.3 Å². The number of carbonyl (C=O) groups excluding carboxylic acids is 1. The smallest absolute Gasteiger partial charge is 0.247 e. The van der Waals surface area contributed by atoms with Gasteiger partial charge in [-0.2, -0.15) is 0 Å². The van der Waals surface area contributed by atoms with Gasteiger partial charge >= 0.3 is 0 Å². The fourth-order valence-corrected chi connectivity index (χ4v) is 3.30. The Bertz CT molecular complexity index is 965. The van der Waals surface area contributed by atoms with Crippen molar-refractivity contribution in [3.05, 3.63) is 66.1 Å². The van der Waals surface area contributed by atoms with E-state index in [0.29, 0.717) is 49.9 Å². The van der Waals surface area contributed by atoms with E-state index in [4.69, 9.17) is 4.42 Å². The number of halogens is 2. The fourth-order valence-electron chi connectivity index (χ4n) is 3.30. The molecule has 4 rings (SSSR count). The molecule has 0 atom stereocenters. The third-order valence-corrected chi connectivity index (χ3v) is 4.93. The molecule has 0 saturated carbocycles. The lowest BCUT2D eigenvalue weighted by molar-refractivity contribution is -0.131. The van der Waals surface area contributed by atoms with Crippen molar-refractivity contribution < 1.29 is 18.0 Å². The summed E-state index contributed by atoms with van der Waals surface area (Å²) in [6.45, 7) is 2.63. The molecule has 6 nitrogen and oxygen atoms in total. The minimum absolute atomic E-state index is 0.0327. The molecule has 8 heteroatoms. The van der Waals surface area contributed by atoms with Crippen LogP contribution in [0, 0.1) is 11.6 Å². The molecule has 0 bridgehead atoms. The number of aromatic nitrogens is 2. The highest BCUT2D eigenvalue weighted by atomic mass is 19.1. The van der Waals surface area contributed by atoms with Gasteiger partial charge in [-0.05, 0) is 48.5 Å². The van der Waals surface area contributed by atoms with Gasteiger partial charge in [-0.1, -0.05) is 0 Å². The lowest BCUT2D eigenvalue weighted by atomic mass is 10.2. The molecule has 2 heterocycles. The second kappa shape index (κ2) is 8.38. The molecule has 0 aliphatic carbocycles. The first kappa shape index (κ1) is 19.0. The fraction of sp³-hybridized carbons (Fsp3) is 0.286. The normalized spacial score (nSPS) is 14.3. The minimum atomic E-state index is -0.335. The third kappa shape index (κ3) is 4.59. The number of hydrogen-bond acceptors (Lipinski definition) is 5. The highest BCUT2D eigenvalue weighted by molar-refractivity contribution is 5.76. The molecule has 1 amide bonds. The number of hydrogen-bond donors (Lipinski definition) is 0. The maximum absolute atomic E-state index is 13.1. The van der Waals surface area contributed by atoms with Crippen molar-refractivity contribution in [1.82, 2.24) is 15.1 Å². The van der Waals surface area contributed by atoms with Gasteiger partial charge in [-0.3, -0.25) is 4.79 Å². The van der Waals surface area contributed by atoms with E-state index in [9.17, 15) is 13.6 Å². The van der Waals surface area contributed by atoms with E-state index < -0.39 is 0 Å². The molecule has 0 N–H and O–H groups in total. The lowest BCUT2D eigenvalue weighted by Crippen LogP contribution is -2.48. The highest BCUT2D eigenvalue weighted by Gasteiger charge is 2.22. The van der Waals surface area contributed by atoms with Gasteiger partial charge < -0.3 is 14.2 Å². The second-order valence-electron chi connectivity index (χ2n) is 6.85. The first-order valence-electron chi connectivity index (χ1n) is 9.45. The standard InChI is InChI=1S/C21H20F2N4O2/c22-16-3-1-15(2-4-16)21-25-24-19(29-21)9-10-20(28)27-13-11-26(12-14-27)18-7-5-17(23)6-8-18/h1-8H,9-14H2. The van der Waals surface area contributed by atoms with Crippen LogP contribution < -0.4 is 4.90 Å². The Morgan fingerprint density at radius 2 is 1.52 bits per heavy atom. The highest BCUT2D eigenvalue weighted by Crippen LogP contribution is 2.20. The monoisotopic (exact) mass is 398 g/mol. The Kier molecular flexibility index (Phi) is 5.50. The van der Waals surface area contributed by atoms with Gasteiger partial charge in [0.25, 0.3) is 0 Å². The largest absolute Gasteiger partial charge is 0.421 e. The van der Waals surface area contributed by atoms with Crippen LogP contribution in [-0.2, 0) is 11.2 Å². The molecular weight excluding hydrogens is 378 g/mol. The minimum Gasteiger partial charge on any atom is -0.421 e. The molecule has 0 spiro atoms. The van der Waals surface area contributed by atoms with Crippen molar-refractivity contribution in [1.29, 1.82) is 0 Å². The molecule has 1 fully saturated rings. The van der Waals surface area contributed by atoms with E-state index in [1.807, 2.05) is 4.90 Å². The van der Waals surface area contributed by atoms with Crippen LogP contribution in [0.25, 0.3) is 11.5 Å². The van der Waals surface area contributed by atoms with Crippen molar-refractivity contribution >= 4 is 11.6 Å². The topological polar surface area (TPSA) is 62.5 Å². The number of piperazine rings is 1. The van der Waals surface area contributed by atoms with Crippen molar-refractivity contribution in [3.63, 3.8) is 0 Å². The van der Waals surface area contributed by atoms with E-state index in [2.05, 4.69) is 15.1 Å². The predicted octanol–water partition coefficient (Wildman–Crippen LogP) is 3.30. The summed E-state index contributed by atoms with van der Waals surface area (Å²) in [6, 6.07) is 12.2. The first-order chi connectivity index (χ1) is 14.1. The summed E-state index contributed by atoms with van der Waals surface area (Å²) < 4.78 is 31.6. The predicted molar refractivity (Wildman–Crippen MR) is 103 cm³/mol. The van der Waals surface area contributed by atoms with E-state index in [1.54, 1.807) is 24.3 Å². The molecule has 0 radical (unpaired) electrons. The molecule has 2 aromatic carbocycles. The zero-order valence-corrected chi connectivity index (χ0v) is 15.7. The summed E-state index contributed by atoms with van der Waals surface area (Å²) in [5.41, 5.74) is 1.59. The van der Waals surface area contributed by atoms with Crippen LogP contribution in [0.15, 0.2) is 52.9 Å². The van der Waals surface area contributed by atoms with Gasteiger partial charge in [0.05, 0.1) is 0 Å². The summed E-state index contributed by atoms with van der Waals surface area (Å²) in [6.07, 6.45) is 0.632.